The Morgan fingerprint density at radius 3 is 2.55 bits per heavy atom. The van der Waals surface area contributed by atoms with E-state index in [4.69, 9.17) is 10.1 Å². The topological polar surface area (TPSA) is 46.0 Å². The van der Waals surface area contributed by atoms with Gasteiger partial charge in [0.1, 0.15) is 0 Å². The molecule has 0 aliphatic heterocycles. The molecule has 1 aromatic heterocycles. The molecule has 1 aromatic carbocycles. The van der Waals surface area contributed by atoms with Crippen LogP contribution in [-0.4, -0.2) is 17.8 Å². The zero-order valence-electron chi connectivity index (χ0n) is 11.8. The quantitative estimate of drug-likeness (QED) is 0.778. The SMILES string of the molecule is CC[C@@H](C=N)COc1ccc(Cc2ccccc2)cn1. The van der Waals surface area contributed by atoms with Gasteiger partial charge in [0, 0.05) is 24.4 Å². The van der Waals surface area contributed by atoms with Gasteiger partial charge in [-0.1, -0.05) is 43.3 Å². The van der Waals surface area contributed by atoms with E-state index in [1.54, 1.807) is 0 Å². The lowest BCUT2D eigenvalue weighted by molar-refractivity contribution is 0.273. The predicted octanol–water partition coefficient (Wildman–Crippen LogP) is 3.73. The lowest BCUT2D eigenvalue weighted by Gasteiger charge is -2.10. The Kier molecular flexibility index (Phi) is 5.30. The van der Waals surface area contributed by atoms with Crippen molar-refractivity contribution in [3.63, 3.8) is 0 Å². The van der Waals surface area contributed by atoms with E-state index in [1.165, 1.54) is 17.3 Å². The first-order valence-corrected chi connectivity index (χ1v) is 6.94. The first-order valence-electron chi connectivity index (χ1n) is 6.94. The van der Waals surface area contributed by atoms with Crippen molar-refractivity contribution in [2.24, 2.45) is 5.92 Å². The Morgan fingerprint density at radius 1 is 1.15 bits per heavy atom. The molecule has 20 heavy (non-hydrogen) atoms. The van der Waals surface area contributed by atoms with Crippen LogP contribution in [0.25, 0.3) is 0 Å². The molecule has 0 saturated carbocycles. The van der Waals surface area contributed by atoms with Gasteiger partial charge in [-0.3, -0.25) is 0 Å². The van der Waals surface area contributed by atoms with Crippen molar-refractivity contribution in [1.29, 1.82) is 5.41 Å². The molecular weight excluding hydrogens is 248 g/mol. The summed E-state index contributed by atoms with van der Waals surface area (Å²) in [5, 5.41) is 7.26. The van der Waals surface area contributed by atoms with Crippen molar-refractivity contribution in [3.05, 3.63) is 59.8 Å². The average molecular weight is 268 g/mol. The van der Waals surface area contributed by atoms with Crippen LogP contribution in [0.5, 0.6) is 5.88 Å². The van der Waals surface area contributed by atoms with Crippen LogP contribution in [0.15, 0.2) is 48.7 Å². The third-order valence-corrected chi connectivity index (χ3v) is 3.25. The zero-order valence-corrected chi connectivity index (χ0v) is 11.8. The van der Waals surface area contributed by atoms with Gasteiger partial charge in [-0.05, 0) is 24.0 Å². The number of ether oxygens (including phenoxy) is 1. The summed E-state index contributed by atoms with van der Waals surface area (Å²) in [6.07, 6.45) is 5.08. The highest BCUT2D eigenvalue weighted by atomic mass is 16.5. The van der Waals surface area contributed by atoms with E-state index in [2.05, 4.69) is 24.0 Å². The number of aromatic nitrogens is 1. The van der Waals surface area contributed by atoms with Gasteiger partial charge in [0.2, 0.25) is 5.88 Å². The van der Waals surface area contributed by atoms with E-state index in [1.807, 2.05) is 36.5 Å². The normalized spacial score (nSPS) is 11.8. The monoisotopic (exact) mass is 268 g/mol. The summed E-state index contributed by atoms with van der Waals surface area (Å²) in [6, 6.07) is 14.3. The largest absolute Gasteiger partial charge is 0.477 e. The number of nitrogens with one attached hydrogen (secondary N) is 1. The molecular formula is C17H20N2O. The van der Waals surface area contributed by atoms with E-state index in [-0.39, 0.29) is 5.92 Å². The first-order chi connectivity index (χ1) is 9.81. The zero-order chi connectivity index (χ0) is 14.2. The van der Waals surface area contributed by atoms with Crippen LogP contribution in [0.2, 0.25) is 0 Å². The summed E-state index contributed by atoms with van der Waals surface area (Å²) in [5.41, 5.74) is 2.44. The fourth-order valence-corrected chi connectivity index (χ4v) is 1.91. The third-order valence-electron chi connectivity index (χ3n) is 3.25. The molecule has 2 aromatic rings. The van der Waals surface area contributed by atoms with Crippen molar-refractivity contribution >= 4 is 6.21 Å². The molecule has 0 radical (unpaired) electrons. The van der Waals surface area contributed by atoms with Crippen LogP contribution in [0.3, 0.4) is 0 Å². The highest BCUT2D eigenvalue weighted by molar-refractivity contribution is 5.56. The van der Waals surface area contributed by atoms with Crippen LogP contribution >= 0.6 is 0 Å². The molecule has 1 N–H and O–H groups in total. The van der Waals surface area contributed by atoms with Crippen LogP contribution < -0.4 is 4.74 Å². The van der Waals surface area contributed by atoms with Gasteiger partial charge >= 0.3 is 0 Å². The number of hydrogen-bond acceptors (Lipinski definition) is 3. The first kappa shape index (κ1) is 14.3. The Balaban J connectivity index is 1.91. The fourth-order valence-electron chi connectivity index (χ4n) is 1.91. The van der Waals surface area contributed by atoms with Crippen molar-refractivity contribution in [2.45, 2.75) is 19.8 Å². The molecule has 0 spiro atoms. The number of hydrogen-bond donors (Lipinski definition) is 1. The van der Waals surface area contributed by atoms with Gasteiger partial charge < -0.3 is 10.1 Å². The molecule has 0 bridgehead atoms. The maximum absolute atomic E-state index is 7.26. The average Bonchev–Trinajstić information content (AvgIpc) is 2.51. The number of benzene rings is 1. The predicted molar refractivity (Wildman–Crippen MR) is 81.5 cm³/mol. The maximum atomic E-state index is 7.26. The number of nitrogens with zero attached hydrogens (tertiary/aromatic N) is 1. The Morgan fingerprint density at radius 2 is 1.95 bits per heavy atom. The molecule has 0 saturated heterocycles. The molecule has 0 unspecified atom stereocenters. The lowest BCUT2D eigenvalue weighted by atomic mass is 10.1. The molecule has 0 aliphatic rings. The molecule has 1 atom stereocenters. The van der Waals surface area contributed by atoms with Gasteiger partial charge in [0.25, 0.3) is 0 Å². The van der Waals surface area contributed by atoms with E-state index in [0.717, 1.165) is 12.8 Å². The fraction of sp³-hybridized carbons (Fsp3) is 0.294. The minimum absolute atomic E-state index is 0.167. The molecule has 2 rings (SSSR count). The molecule has 104 valence electrons. The number of pyridine rings is 1. The van der Waals surface area contributed by atoms with Crippen LogP contribution in [0.4, 0.5) is 0 Å². The van der Waals surface area contributed by atoms with Crippen molar-refractivity contribution < 1.29 is 4.74 Å². The van der Waals surface area contributed by atoms with Gasteiger partial charge in [0.15, 0.2) is 0 Å². The van der Waals surface area contributed by atoms with Crippen molar-refractivity contribution in [1.82, 2.24) is 4.98 Å². The molecule has 3 heteroatoms. The van der Waals surface area contributed by atoms with Gasteiger partial charge in [-0.15, -0.1) is 0 Å². The molecule has 0 fully saturated rings. The second-order valence-corrected chi connectivity index (χ2v) is 4.81. The molecule has 0 aliphatic carbocycles. The second-order valence-electron chi connectivity index (χ2n) is 4.81. The van der Waals surface area contributed by atoms with E-state index in [9.17, 15) is 0 Å². The Hall–Kier alpha value is -2.16. The van der Waals surface area contributed by atoms with E-state index < -0.39 is 0 Å². The van der Waals surface area contributed by atoms with Crippen molar-refractivity contribution in [2.75, 3.05) is 6.61 Å². The minimum Gasteiger partial charge on any atom is -0.477 e. The highest BCUT2D eigenvalue weighted by Gasteiger charge is 2.04. The highest BCUT2D eigenvalue weighted by Crippen LogP contribution is 2.13. The van der Waals surface area contributed by atoms with Crippen LogP contribution in [0, 0.1) is 11.3 Å². The Bertz CT molecular complexity index is 522. The minimum atomic E-state index is 0.167. The molecule has 1 heterocycles. The third kappa shape index (κ3) is 4.19. The van der Waals surface area contributed by atoms with E-state index >= 15 is 0 Å². The standard InChI is InChI=1S/C17H20N2O/c1-2-14(11-18)13-20-17-9-8-16(12-19-17)10-15-6-4-3-5-7-15/h3-9,11-12,14,18H,2,10,13H2,1H3/t14-/m0/s1. The molecule has 3 nitrogen and oxygen atoms in total. The van der Waals surface area contributed by atoms with Gasteiger partial charge in [-0.25, -0.2) is 4.98 Å². The lowest BCUT2D eigenvalue weighted by Crippen LogP contribution is -2.12. The van der Waals surface area contributed by atoms with Gasteiger partial charge in [-0.2, -0.15) is 0 Å². The van der Waals surface area contributed by atoms with Crippen LogP contribution in [-0.2, 0) is 6.42 Å². The summed E-state index contributed by atoms with van der Waals surface area (Å²) in [6.45, 7) is 2.57. The summed E-state index contributed by atoms with van der Waals surface area (Å²) < 4.78 is 5.59. The number of rotatable bonds is 7. The van der Waals surface area contributed by atoms with E-state index in [0.29, 0.717) is 12.5 Å². The summed E-state index contributed by atoms with van der Waals surface area (Å²) in [7, 11) is 0. The van der Waals surface area contributed by atoms with Crippen molar-refractivity contribution in [3.8, 4) is 5.88 Å². The van der Waals surface area contributed by atoms with Crippen LogP contribution in [0.1, 0.15) is 24.5 Å². The summed E-state index contributed by atoms with van der Waals surface area (Å²) in [5.74, 6) is 0.794. The second kappa shape index (κ2) is 7.43. The van der Waals surface area contributed by atoms with Gasteiger partial charge in [0.05, 0.1) is 6.61 Å². The summed E-state index contributed by atoms with van der Waals surface area (Å²) in [4.78, 5) is 4.32. The summed E-state index contributed by atoms with van der Waals surface area (Å²) >= 11 is 0. The Labute approximate surface area is 120 Å². The molecule has 0 amide bonds. The maximum Gasteiger partial charge on any atom is 0.213 e. The smallest absolute Gasteiger partial charge is 0.213 e.